The zero-order chi connectivity index (χ0) is 16.6. The summed E-state index contributed by atoms with van der Waals surface area (Å²) in [6.45, 7) is 0. The molecule has 0 aliphatic heterocycles. The molecule has 0 spiro atoms. The van der Waals surface area contributed by atoms with Crippen molar-refractivity contribution in [1.29, 1.82) is 0 Å². The minimum absolute atomic E-state index is 0.0279. The van der Waals surface area contributed by atoms with Crippen molar-refractivity contribution in [3.8, 4) is 0 Å². The van der Waals surface area contributed by atoms with Crippen LogP contribution in [0.1, 0.15) is 19.3 Å². The summed E-state index contributed by atoms with van der Waals surface area (Å²) < 4.78 is 13.5. The molecular weight excluding hydrogens is 303 g/mol. The Labute approximate surface area is 131 Å². The SMILES string of the molecule is NC(=O)N(/N=C1/C(=O)C2CCC(F)CC2C1=O)c1ccncc1. The number of nitrogens with zero attached hydrogens (tertiary/aromatic N) is 3. The van der Waals surface area contributed by atoms with E-state index < -0.39 is 35.6 Å². The maximum absolute atomic E-state index is 13.5. The minimum Gasteiger partial charge on any atom is -0.350 e. The number of carbonyl (C=O) groups is 3. The Balaban J connectivity index is 1.95. The van der Waals surface area contributed by atoms with E-state index in [1.165, 1.54) is 24.5 Å². The van der Waals surface area contributed by atoms with Gasteiger partial charge in [-0.1, -0.05) is 0 Å². The first-order valence-electron chi connectivity index (χ1n) is 7.29. The van der Waals surface area contributed by atoms with Gasteiger partial charge < -0.3 is 5.73 Å². The molecule has 2 fully saturated rings. The molecule has 1 aromatic rings. The number of halogens is 1. The fourth-order valence-corrected chi connectivity index (χ4v) is 3.11. The van der Waals surface area contributed by atoms with Gasteiger partial charge in [-0.25, -0.2) is 9.18 Å². The molecule has 0 bridgehead atoms. The molecule has 7 nitrogen and oxygen atoms in total. The van der Waals surface area contributed by atoms with Crippen LogP contribution in [-0.4, -0.2) is 34.5 Å². The third-order valence-corrected chi connectivity index (χ3v) is 4.24. The summed E-state index contributed by atoms with van der Waals surface area (Å²) in [7, 11) is 0. The maximum Gasteiger partial charge on any atom is 0.340 e. The number of hydrazone groups is 1. The van der Waals surface area contributed by atoms with Crippen molar-refractivity contribution in [2.45, 2.75) is 25.4 Å². The third-order valence-electron chi connectivity index (χ3n) is 4.24. The standard InChI is InChI=1S/C15H15FN4O3/c16-8-1-2-10-11(7-8)14(22)12(13(10)21)19-20(15(17)23)9-3-5-18-6-4-9/h3-6,8,10-11H,1-2,7H2,(H2,17,23)/b19-12-. The molecule has 2 N–H and O–H groups in total. The molecule has 2 aliphatic carbocycles. The Morgan fingerprint density at radius 3 is 2.52 bits per heavy atom. The van der Waals surface area contributed by atoms with E-state index >= 15 is 0 Å². The molecule has 1 heterocycles. The van der Waals surface area contributed by atoms with E-state index in [2.05, 4.69) is 10.1 Å². The molecule has 0 radical (unpaired) electrons. The van der Waals surface area contributed by atoms with Crippen LogP contribution < -0.4 is 10.7 Å². The molecule has 0 saturated heterocycles. The third kappa shape index (κ3) is 2.71. The lowest BCUT2D eigenvalue weighted by Gasteiger charge is -2.24. The lowest BCUT2D eigenvalue weighted by molar-refractivity contribution is -0.121. The number of amides is 2. The number of aromatic nitrogens is 1. The number of carbonyl (C=O) groups excluding carboxylic acids is 3. The number of primary amides is 1. The average molecular weight is 318 g/mol. The highest BCUT2D eigenvalue weighted by atomic mass is 19.1. The Hall–Kier alpha value is -2.64. The van der Waals surface area contributed by atoms with Crippen molar-refractivity contribution in [3.63, 3.8) is 0 Å². The van der Waals surface area contributed by atoms with Crippen LogP contribution in [-0.2, 0) is 9.59 Å². The van der Waals surface area contributed by atoms with Gasteiger partial charge in [0.05, 0.1) is 5.69 Å². The highest BCUT2D eigenvalue weighted by Gasteiger charge is 2.50. The second-order valence-corrected chi connectivity index (χ2v) is 5.66. The predicted octanol–water partition coefficient (Wildman–Crippen LogP) is 1.23. The molecule has 2 aliphatic rings. The molecule has 3 rings (SSSR count). The fraction of sp³-hybridized carbons (Fsp3) is 0.400. The second kappa shape index (κ2) is 5.86. The largest absolute Gasteiger partial charge is 0.350 e. The van der Waals surface area contributed by atoms with Crippen LogP contribution in [0, 0.1) is 11.8 Å². The van der Waals surface area contributed by atoms with Crippen LogP contribution in [0.3, 0.4) is 0 Å². The van der Waals surface area contributed by atoms with Crippen LogP contribution in [0.5, 0.6) is 0 Å². The van der Waals surface area contributed by atoms with Gasteiger partial charge in [0.2, 0.25) is 0 Å². The van der Waals surface area contributed by atoms with E-state index in [9.17, 15) is 18.8 Å². The van der Waals surface area contributed by atoms with Gasteiger partial charge in [0.15, 0.2) is 17.3 Å². The Kier molecular flexibility index (Phi) is 3.89. The molecule has 8 heteroatoms. The normalized spacial score (nSPS) is 28.7. The molecule has 3 atom stereocenters. The number of urea groups is 1. The van der Waals surface area contributed by atoms with Gasteiger partial charge in [-0.2, -0.15) is 10.1 Å². The first kappa shape index (κ1) is 15.3. The number of rotatable bonds is 2. The Morgan fingerprint density at radius 2 is 1.87 bits per heavy atom. The fourth-order valence-electron chi connectivity index (χ4n) is 3.11. The summed E-state index contributed by atoms with van der Waals surface area (Å²) in [6.07, 6.45) is 2.38. The van der Waals surface area contributed by atoms with Crippen LogP contribution >= 0.6 is 0 Å². The maximum atomic E-state index is 13.5. The van der Waals surface area contributed by atoms with Gasteiger partial charge >= 0.3 is 6.03 Å². The number of Topliss-reactive ketones (excluding diaryl/α,β-unsaturated/α-hetero) is 2. The van der Waals surface area contributed by atoms with Gasteiger partial charge in [0.25, 0.3) is 0 Å². The van der Waals surface area contributed by atoms with E-state index in [1.807, 2.05) is 0 Å². The lowest BCUT2D eigenvalue weighted by atomic mass is 9.80. The summed E-state index contributed by atoms with van der Waals surface area (Å²) in [5, 5.41) is 4.67. The summed E-state index contributed by atoms with van der Waals surface area (Å²) in [4.78, 5) is 40.2. The molecule has 2 amide bonds. The highest BCUT2D eigenvalue weighted by molar-refractivity contribution is 6.70. The number of ketones is 2. The molecule has 1 aromatic heterocycles. The van der Waals surface area contributed by atoms with Crippen LogP contribution in [0.15, 0.2) is 29.6 Å². The van der Waals surface area contributed by atoms with Crippen molar-refractivity contribution in [3.05, 3.63) is 24.5 Å². The van der Waals surface area contributed by atoms with Crippen LogP contribution in [0.25, 0.3) is 0 Å². The minimum atomic E-state index is -1.08. The molecule has 23 heavy (non-hydrogen) atoms. The monoisotopic (exact) mass is 318 g/mol. The molecule has 3 unspecified atom stereocenters. The smallest absolute Gasteiger partial charge is 0.340 e. The zero-order valence-electron chi connectivity index (χ0n) is 12.2. The summed E-state index contributed by atoms with van der Waals surface area (Å²) in [6, 6.07) is 2.02. The first-order chi connectivity index (χ1) is 11.0. The van der Waals surface area contributed by atoms with Crippen molar-refractivity contribution in [2.24, 2.45) is 22.7 Å². The number of hydrogen-bond acceptors (Lipinski definition) is 5. The van der Waals surface area contributed by atoms with Gasteiger partial charge in [-0.3, -0.25) is 14.6 Å². The van der Waals surface area contributed by atoms with Crippen LogP contribution in [0.4, 0.5) is 14.9 Å². The van der Waals surface area contributed by atoms with Crippen molar-refractivity contribution >= 4 is 29.0 Å². The number of hydrogen-bond donors (Lipinski definition) is 1. The first-order valence-corrected chi connectivity index (χ1v) is 7.29. The van der Waals surface area contributed by atoms with E-state index in [0.717, 1.165) is 5.01 Å². The number of anilines is 1. The molecule has 2 saturated carbocycles. The number of pyridine rings is 1. The van der Waals surface area contributed by atoms with Crippen molar-refractivity contribution < 1.29 is 18.8 Å². The van der Waals surface area contributed by atoms with Gasteiger partial charge in [0.1, 0.15) is 6.17 Å². The summed E-state index contributed by atoms with van der Waals surface area (Å²) in [5.41, 5.74) is 5.24. The Bertz CT molecular complexity index is 691. The van der Waals surface area contributed by atoms with E-state index in [-0.39, 0.29) is 18.6 Å². The Morgan fingerprint density at radius 1 is 1.22 bits per heavy atom. The van der Waals surface area contributed by atoms with Gasteiger partial charge in [0, 0.05) is 24.2 Å². The quantitative estimate of drug-likeness (QED) is 0.828. The van der Waals surface area contributed by atoms with E-state index in [4.69, 9.17) is 5.73 Å². The van der Waals surface area contributed by atoms with Gasteiger partial charge in [-0.05, 0) is 31.4 Å². The van der Waals surface area contributed by atoms with Crippen molar-refractivity contribution in [1.82, 2.24) is 4.98 Å². The molecule has 0 aromatic carbocycles. The lowest BCUT2D eigenvalue weighted by Crippen LogP contribution is -2.34. The highest BCUT2D eigenvalue weighted by Crippen LogP contribution is 2.38. The van der Waals surface area contributed by atoms with E-state index in [1.54, 1.807) is 0 Å². The van der Waals surface area contributed by atoms with E-state index in [0.29, 0.717) is 12.1 Å². The topological polar surface area (TPSA) is 106 Å². The second-order valence-electron chi connectivity index (χ2n) is 5.66. The summed E-state index contributed by atoms with van der Waals surface area (Å²) >= 11 is 0. The zero-order valence-corrected chi connectivity index (χ0v) is 12.2. The van der Waals surface area contributed by atoms with Crippen LogP contribution in [0.2, 0.25) is 0 Å². The van der Waals surface area contributed by atoms with Gasteiger partial charge in [-0.15, -0.1) is 0 Å². The average Bonchev–Trinajstić information content (AvgIpc) is 2.76. The predicted molar refractivity (Wildman–Crippen MR) is 79.5 cm³/mol. The number of nitrogens with two attached hydrogens (primary N) is 1. The van der Waals surface area contributed by atoms with Crippen molar-refractivity contribution in [2.75, 3.05) is 5.01 Å². The number of fused-ring (bicyclic) bond motifs is 1. The molecule has 120 valence electrons. The molecular formula is C15H15FN4O3. The summed E-state index contributed by atoms with van der Waals surface area (Å²) in [5.74, 6) is -2.17. The number of alkyl halides is 1.